The molecule has 1 amide bonds. The van der Waals surface area contributed by atoms with Gasteiger partial charge >= 0.3 is 0 Å². The third-order valence-electron chi connectivity index (χ3n) is 3.59. The van der Waals surface area contributed by atoms with Crippen molar-refractivity contribution in [3.8, 4) is 0 Å². The highest BCUT2D eigenvalue weighted by Crippen LogP contribution is 2.44. The van der Waals surface area contributed by atoms with Gasteiger partial charge in [0.1, 0.15) is 0 Å². The van der Waals surface area contributed by atoms with Gasteiger partial charge in [0.15, 0.2) is 0 Å². The van der Waals surface area contributed by atoms with Crippen LogP contribution in [0.3, 0.4) is 0 Å². The van der Waals surface area contributed by atoms with Gasteiger partial charge in [-0.1, -0.05) is 13.3 Å². The molecule has 2 N–H and O–H groups in total. The first kappa shape index (κ1) is 14.5. The van der Waals surface area contributed by atoms with E-state index in [1.165, 1.54) is 6.42 Å². The zero-order valence-corrected chi connectivity index (χ0v) is 11.2. The molecule has 100 valence electrons. The Hall–Kier alpha value is -0.610. The SMILES string of the molecule is CCCNCCNC(=O)C1(CCOC)CCC1. The van der Waals surface area contributed by atoms with Gasteiger partial charge in [-0.05, 0) is 32.2 Å². The second-order valence-electron chi connectivity index (χ2n) is 4.88. The maximum Gasteiger partial charge on any atom is 0.226 e. The standard InChI is InChI=1S/C13H26N2O2/c1-3-8-14-9-10-15-12(16)13(5-4-6-13)7-11-17-2/h14H,3-11H2,1-2H3,(H,15,16). The first-order valence-electron chi connectivity index (χ1n) is 6.73. The van der Waals surface area contributed by atoms with Crippen LogP contribution in [0.25, 0.3) is 0 Å². The van der Waals surface area contributed by atoms with Gasteiger partial charge in [-0.25, -0.2) is 0 Å². The number of amides is 1. The molecule has 0 radical (unpaired) electrons. The van der Waals surface area contributed by atoms with Crippen LogP contribution in [0, 0.1) is 5.41 Å². The third kappa shape index (κ3) is 4.28. The number of hydrogen-bond acceptors (Lipinski definition) is 3. The van der Waals surface area contributed by atoms with Gasteiger partial charge in [0.25, 0.3) is 0 Å². The van der Waals surface area contributed by atoms with Crippen LogP contribution in [0.1, 0.15) is 39.0 Å². The molecule has 0 aromatic rings. The van der Waals surface area contributed by atoms with Gasteiger partial charge < -0.3 is 15.4 Å². The molecular formula is C13H26N2O2. The lowest BCUT2D eigenvalue weighted by Crippen LogP contribution is -2.47. The van der Waals surface area contributed by atoms with E-state index in [0.717, 1.165) is 45.3 Å². The first-order chi connectivity index (χ1) is 8.25. The van der Waals surface area contributed by atoms with Crippen molar-refractivity contribution in [3.05, 3.63) is 0 Å². The molecule has 0 spiro atoms. The first-order valence-corrected chi connectivity index (χ1v) is 6.73. The molecule has 0 aromatic carbocycles. The van der Waals surface area contributed by atoms with Crippen molar-refractivity contribution in [1.82, 2.24) is 10.6 Å². The normalized spacial score (nSPS) is 17.5. The Labute approximate surface area is 104 Å². The van der Waals surface area contributed by atoms with Gasteiger partial charge in [-0.15, -0.1) is 0 Å². The Kier molecular flexibility index (Phi) is 6.52. The van der Waals surface area contributed by atoms with Crippen molar-refractivity contribution in [2.24, 2.45) is 5.41 Å². The van der Waals surface area contributed by atoms with Crippen LogP contribution in [-0.2, 0) is 9.53 Å². The summed E-state index contributed by atoms with van der Waals surface area (Å²) >= 11 is 0. The number of carbonyl (C=O) groups excluding carboxylic acids is 1. The molecule has 4 heteroatoms. The average molecular weight is 242 g/mol. The minimum Gasteiger partial charge on any atom is -0.385 e. The predicted octanol–water partition coefficient (Wildman–Crippen LogP) is 1.31. The third-order valence-corrected chi connectivity index (χ3v) is 3.59. The van der Waals surface area contributed by atoms with Gasteiger partial charge in [-0.3, -0.25) is 4.79 Å². The minimum atomic E-state index is -0.124. The molecule has 1 aliphatic rings. The lowest BCUT2D eigenvalue weighted by molar-refractivity contribution is -0.137. The van der Waals surface area contributed by atoms with Crippen LogP contribution in [0.2, 0.25) is 0 Å². The molecule has 1 fully saturated rings. The van der Waals surface area contributed by atoms with Crippen molar-refractivity contribution in [2.45, 2.75) is 39.0 Å². The van der Waals surface area contributed by atoms with Gasteiger partial charge in [0.2, 0.25) is 5.91 Å². The van der Waals surface area contributed by atoms with Crippen LogP contribution in [0.15, 0.2) is 0 Å². The summed E-state index contributed by atoms with van der Waals surface area (Å²) in [5, 5.41) is 6.32. The van der Waals surface area contributed by atoms with Crippen molar-refractivity contribution < 1.29 is 9.53 Å². The molecule has 17 heavy (non-hydrogen) atoms. The highest BCUT2D eigenvalue weighted by atomic mass is 16.5. The topological polar surface area (TPSA) is 50.4 Å². The second-order valence-corrected chi connectivity index (χ2v) is 4.88. The Morgan fingerprint density at radius 1 is 1.29 bits per heavy atom. The lowest BCUT2D eigenvalue weighted by Gasteiger charge is -2.40. The molecule has 4 nitrogen and oxygen atoms in total. The van der Waals surface area contributed by atoms with E-state index in [1.807, 2.05) is 0 Å². The molecule has 1 saturated carbocycles. The quantitative estimate of drug-likeness (QED) is 0.599. The van der Waals surface area contributed by atoms with Gasteiger partial charge in [0.05, 0.1) is 5.41 Å². The number of hydrogen-bond donors (Lipinski definition) is 2. The Morgan fingerprint density at radius 2 is 2.06 bits per heavy atom. The zero-order valence-electron chi connectivity index (χ0n) is 11.2. The lowest BCUT2D eigenvalue weighted by atomic mass is 9.66. The number of rotatable bonds is 9. The van der Waals surface area contributed by atoms with Crippen molar-refractivity contribution in [2.75, 3.05) is 33.4 Å². The molecule has 0 aromatic heterocycles. The minimum absolute atomic E-state index is 0.124. The molecular weight excluding hydrogens is 216 g/mol. The van der Waals surface area contributed by atoms with Crippen LogP contribution < -0.4 is 10.6 Å². The van der Waals surface area contributed by atoms with Crippen molar-refractivity contribution in [1.29, 1.82) is 0 Å². The van der Waals surface area contributed by atoms with Gasteiger partial charge in [0, 0.05) is 26.8 Å². The fourth-order valence-corrected chi connectivity index (χ4v) is 2.25. The summed E-state index contributed by atoms with van der Waals surface area (Å²) in [6, 6.07) is 0. The zero-order chi connectivity index (χ0) is 12.6. The molecule has 0 aliphatic heterocycles. The van der Waals surface area contributed by atoms with Crippen molar-refractivity contribution >= 4 is 5.91 Å². The number of ether oxygens (including phenoxy) is 1. The summed E-state index contributed by atoms with van der Waals surface area (Å²) < 4.78 is 5.09. The summed E-state index contributed by atoms with van der Waals surface area (Å²) in [4.78, 5) is 12.1. The molecule has 1 aliphatic carbocycles. The summed E-state index contributed by atoms with van der Waals surface area (Å²) in [5.41, 5.74) is -0.124. The van der Waals surface area contributed by atoms with Crippen LogP contribution >= 0.6 is 0 Å². The molecule has 0 atom stereocenters. The largest absolute Gasteiger partial charge is 0.385 e. The van der Waals surface area contributed by atoms with E-state index in [2.05, 4.69) is 17.6 Å². The predicted molar refractivity (Wildman–Crippen MR) is 68.9 cm³/mol. The molecule has 0 saturated heterocycles. The van der Waals surface area contributed by atoms with E-state index >= 15 is 0 Å². The smallest absolute Gasteiger partial charge is 0.226 e. The second kappa shape index (κ2) is 7.67. The number of methoxy groups -OCH3 is 1. The van der Waals surface area contributed by atoms with Crippen LogP contribution in [0.4, 0.5) is 0 Å². The Bertz CT molecular complexity index is 227. The van der Waals surface area contributed by atoms with E-state index in [0.29, 0.717) is 6.61 Å². The van der Waals surface area contributed by atoms with E-state index in [9.17, 15) is 4.79 Å². The maximum absolute atomic E-state index is 12.1. The van der Waals surface area contributed by atoms with E-state index in [1.54, 1.807) is 7.11 Å². The van der Waals surface area contributed by atoms with Gasteiger partial charge in [-0.2, -0.15) is 0 Å². The van der Waals surface area contributed by atoms with E-state index in [4.69, 9.17) is 4.74 Å². The molecule has 1 rings (SSSR count). The number of carbonyl (C=O) groups is 1. The summed E-state index contributed by atoms with van der Waals surface area (Å²) in [6.45, 7) is 5.43. The van der Waals surface area contributed by atoms with E-state index in [-0.39, 0.29) is 11.3 Å². The highest BCUT2D eigenvalue weighted by molar-refractivity contribution is 5.83. The molecule has 0 unspecified atom stereocenters. The Balaban J connectivity index is 2.20. The molecule has 0 bridgehead atoms. The van der Waals surface area contributed by atoms with Crippen LogP contribution in [0.5, 0.6) is 0 Å². The van der Waals surface area contributed by atoms with E-state index < -0.39 is 0 Å². The van der Waals surface area contributed by atoms with Crippen molar-refractivity contribution in [3.63, 3.8) is 0 Å². The Morgan fingerprint density at radius 3 is 2.59 bits per heavy atom. The highest BCUT2D eigenvalue weighted by Gasteiger charge is 2.43. The molecule has 0 heterocycles. The number of nitrogens with one attached hydrogen (secondary N) is 2. The monoisotopic (exact) mass is 242 g/mol. The fraction of sp³-hybridized carbons (Fsp3) is 0.923. The van der Waals surface area contributed by atoms with Crippen LogP contribution in [-0.4, -0.2) is 39.3 Å². The maximum atomic E-state index is 12.1. The fourth-order valence-electron chi connectivity index (χ4n) is 2.25. The summed E-state index contributed by atoms with van der Waals surface area (Å²) in [6.07, 6.45) is 5.20. The average Bonchev–Trinajstić information content (AvgIpc) is 2.27. The summed E-state index contributed by atoms with van der Waals surface area (Å²) in [7, 11) is 1.69. The summed E-state index contributed by atoms with van der Waals surface area (Å²) in [5.74, 6) is 0.221.